The summed E-state index contributed by atoms with van der Waals surface area (Å²) in [5.41, 5.74) is 1.99. The Morgan fingerprint density at radius 2 is 1.77 bits per heavy atom. The average molecular weight is 318 g/mol. The van der Waals surface area contributed by atoms with Crippen LogP contribution in [-0.4, -0.2) is 31.0 Å². The number of hydrogen-bond donors (Lipinski definition) is 0. The minimum Gasteiger partial charge on any atom is -0.492 e. The van der Waals surface area contributed by atoms with Crippen molar-refractivity contribution in [2.24, 2.45) is 0 Å². The average Bonchev–Trinajstić information content (AvgIpc) is 2.56. The molecule has 1 atom stereocenters. The molecule has 116 valence electrons. The van der Waals surface area contributed by atoms with Crippen molar-refractivity contribution in [2.45, 2.75) is 12.3 Å². The molecule has 2 aromatic rings. The highest BCUT2D eigenvalue weighted by atomic mass is 35.5. The molecule has 3 nitrogen and oxygen atoms in total. The van der Waals surface area contributed by atoms with Crippen LogP contribution in [0, 0.1) is 6.92 Å². The van der Waals surface area contributed by atoms with E-state index in [4.69, 9.17) is 16.3 Å². The van der Waals surface area contributed by atoms with Crippen molar-refractivity contribution in [1.82, 2.24) is 4.90 Å². The van der Waals surface area contributed by atoms with Crippen LogP contribution in [0.5, 0.6) is 5.75 Å². The van der Waals surface area contributed by atoms with Crippen molar-refractivity contribution in [2.75, 3.05) is 20.2 Å². The summed E-state index contributed by atoms with van der Waals surface area (Å²) in [6.45, 7) is 2.95. The maximum atomic E-state index is 12.3. The zero-order valence-electron chi connectivity index (χ0n) is 12.8. The molecular formula is C18H20ClNO2. The molecule has 0 heterocycles. The zero-order valence-corrected chi connectivity index (χ0v) is 13.6. The topological polar surface area (TPSA) is 29.5 Å². The Kier molecular flexibility index (Phi) is 5.84. The summed E-state index contributed by atoms with van der Waals surface area (Å²) in [5.74, 6) is 0.678. The number of amides is 1. The van der Waals surface area contributed by atoms with E-state index in [2.05, 4.69) is 0 Å². The van der Waals surface area contributed by atoms with Gasteiger partial charge in [-0.1, -0.05) is 48.0 Å². The van der Waals surface area contributed by atoms with Crippen LogP contribution in [0.25, 0.3) is 0 Å². The van der Waals surface area contributed by atoms with E-state index in [0.29, 0.717) is 13.2 Å². The van der Waals surface area contributed by atoms with E-state index in [1.54, 1.807) is 11.9 Å². The summed E-state index contributed by atoms with van der Waals surface area (Å²) >= 11 is 6.23. The molecule has 1 unspecified atom stereocenters. The number of ether oxygens (including phenoxy) is 1. The standard InChI is InChI=1S/C18H20ClNO2/c1-14-8-10-16(11-9-14)22-13-12-20(2)18(21)17(19)15-6-4-3-5-7-15/h3-11,17H,12-13H2,1-2H3. The molecule has 2 aromatic carbocycles. The van der Waals surface area contributed by atoms with E-state index in [1.165, 1.54) is 5.56 Å². The van der Waals surface area contributed by atoms with Gasteiger partial charge in [-0.05, 0) is 24.6 Å². The largest absolute Gasteiger partial charge is 0.492 e. The molecular weight excluding hydrogens is 298 g/mol. The molecule has 22 heavy (non-hydrogen) atoms. The van der Waals surface area contributed by atoms with E-state index >= 15 is 0 Å². The highest BCUT2D eigenvalue weighted by Gasteiger charge is 2.20. The van der Waals surface area contributed by atoms with Gasteiger partial charge in [-0.15, -0.1) is 11.6 Å². The predicted molar refractivity (Wildman–Crippen MR) is 89.3 cm³/mol. The molecule has 0 saturated carbocycles. The molecule has 0 radical (unpaired) electrons. The fraction of sp³-hybridized carbons (Fsp3) is 0.278. The van der Waals surface area contributed by atoms with Crippen LogP contribution in [0.2, 0.25) is 0 Å². The number of hydrogen-bond acceptors (Lipinski definition) is 2. The number of carbonyl (C=O) groups is 1. The quantitative estimate of drug-likeness (QED) is 0.758. The Hall–Kier alpha value is -2.00. The number of likely N-dealkylation sites (N-methyl/N-ethyl adjacent to an activating group) is 1. The van der Waals surface area contributed by atoms with Crippen LogP contribution in [0.3, 0.4) is 0 Å². The van der Waals surface area contributed by atoms with Crippen LogP contribution >= 0.6 is 11.6 Å². The molecule has 0 saturated heterocycles. The first-order valence-electron chi connectivity index (χ1n) is 7.21. The number of halogens is 1. The molecule has 0 aliphatic carbocycles. The second-order valence-corrected chi connectivity index (χ2v) is 5.63. The van der Waals surface area contributed by atoms with Gasteiger partial charge >= 0.3 is 0 Å². The van der Waals surface area contributed by atoms with Gasteiger partial charge in [-0.2, -0.15) is 0 Å². The lowest BCUT2D eigenvalue weighted by atomic mass is 10.1. The lowest BCUT2D eigenvalue weighted by Crippen LogP contribution is -2.33. The fourth-order valence-electron chi connectivity index (χ4n) is 2.00. The first kappa shape index (κ1) is 16.4. The predicted octanol–water partition coefficient (Wildman–Crippen LogP) is 3.81. The summed E-state index contributed by atoms with van der Waals surface area (Å²) in [6.07, 6.45) is 0. The third-order valence-corrected chi connectivity index (χ3v) is 3.84. The lowest BCUT2D eigenvalue weighted by molar-refractivity contribution is -0.129. The van der Waals surface area contributed by atoms with Crippen LogP contribution < -0.4 is 4.74 Å². The van der Waals surface area contributed by atoms with Crippen molar-refractivity contribution < 1.29 is 9.53 Å². The smallest absolute Gasteiger partial charge is 0.245 e. The van der Waals surface area contributed by atoms with E-state index in [-0.39, 0.29) is 5.91 Å². The Morgan fingerprint density at radius 1 is 1.14 bits per heavy atom. The number of benzene rings is 2. The molecule has 0 N–H and O–H groups in total. The van der Waals surface area contributed by atoms with Gasteiger partial charge < -0.3 is 9.64 Å². The van der Waals surface area contributed by atoms with Gasteiger partial charge in [0.15, 0.2) is 0 Å². The number of carbonyl (C=O) groups excluding carboxylic acids is 1. The van der Waals surface area contributed by atoms with Gasteiger partial charge in [0.25, 0.3) is 0 Å². The minimum absolute atomic E-state index is 0.125. The van der Waals surface area contributed by atoms with Crippen molar-refractivity contribution in [3.8, 4) is 5.75 Å². The van der Waals surface area contributed by atoms with Crippen molar-refractivity contribution in [3.63, 3.8) is 0 Å². The van der Waals surface area contributed by atoms with Gasteiger partial charge in [0.1, 0.15) is 17.7 Å². The lowest BCUT2D eigenvalue weighted by Gasteiger charge is -2.20. The normalized spacial score (nSPS) is 11.8. The maximum Gasteiger partial charge on any atom is 0.245 e. The van der Waals surface area contributed by atoms with Crippen LogP contribution in [0.4, 0.5) is 0 Å². The summed E-state index contributed by atoms with van der Waals surface area (Å²) < 4.78 is 5.63. The molecule has 0 aliphatic rings. The van der Waals surface area contributed by atoms with E-state index in [1.807, 2.05) is 61.5 Å². The first-order valence-corrected chi connectivity index (χ1v) is 7.65. The number of aryl methyl sites for hydroxylation is 1. The molecule has 0 bridgehead atoms. The third kappa shape index (κ3) is 4.50. The maximum absolute atomic E-state index is 12.3. The Morgan fingerprint density at radius 3 is 2.41 bits per heavy atom. The van der Waals surface area contributed by atoms with Crippen molar-refractivity contribution in [3.05, 3.63) is 65.7 Å². The van der Waals surface area contributed by atoms with Crippen LogP contribution in [-0.2, 0) is 4.79 Å². The van der Waals surface area contributed by atoms with Crippen LogP contribution in [0.1, 0.15) is 16.5 Å². The Labute approximate surface area is 136 Å². The highest BCUT2D eigenvalue weighted by molar-refractivity contribution is 6.30. The summed E-state index contributed by atoms with van der Waals surface area (Å²) in [5, 5.41) is -0.662. The first-order chi connectivity index (χ1) is 10.6. The Balaban J connectivity index is 1.82. The zero-order chi connectivity index (χ0) is 15.9. The van der Waals surface area contributed by atoms with E-state index in [9.17, 15) is 4.79 Å². The molecule has 0 aromatic heterocycles. The monoisotopic (exact) mass is 317 g/mol. The van der Waals surface area contributed by atoms with E-state index < -0.39 is 5.38 Å². The van der Waals surface area contributed by atoms with Gasteiger partial charge in [0.05, 0.1) is 6.54 Å². The SMILES string of the molecule is Cc1ccc(OCCN(C)C(=O)C(Cl)c2ccccc2)cc1. The second-order valence-electron chi connectivity index (χ2n) is 5.19. The van der Waals surface area contributed by atoms with Gasteiger partial charge in [0.2, 0.25) is 5.91 Å². The molecule has 4 heteroatoms. The molecule has 0 aliphatic heterocycles. The summed E-state index contributed by atoms with van der Waals surface area (Å²) in [6, 6.07) is 17.2. The molecule has 0 fully saturated rings. The minimum atomic E-state index is -0.662. The fourth-order valence-corrected chi connectivity index (χ4v) is 2.32. The number of rotatable bonds is 6. The van der Waals surface area contributed by atoms with Crippen molar-refractivity contribution >= 4 is 17.5 Å². The van der Waals surface area contributed by atoms with E-state index in [0.717, 1.165) is 11.3 Å². The van der Waals surface area contributed by atoms with Crippen molar-refractivity contribution in [1.29, 1.82) is 0 Å². The summed E-state index contributed by atoms with van der Waals surface area (Å²) in [7, 11) is 1.74. The Bertz CT molecular complexity index is 598. The van der Waals surface area contributed by atoms with Gasteiger partial charge in [0, 0.05) is 7.05 Å². The second kappa shape index (κ2) is 7.85. The molecule has 1 amide bonds. The molecule has 2 rings (SSSR count). The highest BCUT2D eigenvalue weighted by Crippen LogP contribution is 2.22. The van der Waals surface area contributed by atoms with Crippen LogP contribution in [0.15, 0.2) is 54.6 Å². The summed E-state index contributed by atoms with van der Waals surface area (Å²) in [4.78, 5) is 13.9. The van der Waals surface area contributed by atoms with Gasteiger partial charge in [-0.3, -0.25) is 4.79 Å². The molecule has 0 spiro atoms. The third-order valence-electron chi connectivity index (χ3n) is 3.40. The van der Waals surface area contributed by atoms with Gasteiger partial charge in [-0.25, -0.2) is 0 Å². The number of nitrogens with zero attached hydrogens (tertiary/aromatic N) is 1. The number of alkyl halides is 1.